The molecule has 1 atom stereocenters. The largest absolute Gasteiger partial charge is 0.313 e. The molecule has 18 heavy (non-hydrogen) atoms. The van der Waals surface area contributed by atoms with Crippen LogP contribution in [0.4, 0.5) is 5.69 Å². The van der Waals surface area contributed by atoms with Gasteiger partial charge in [-0.15, -0.1) is 0 Å². The highest BCUT2D eigenvalue weighted by molar-refractivity contribution is 7.92. The second-order valence-corrected chi connectivity index (χ2v) is 6.89. The number of anilines is 1. The monoisotopic (exact) mass is 308 g/mol. The lowest BCUT2D eigenvalue weighted by molar-refractivity contribution is 0.582. The number of sulfonamides is 1. The van der Waals surface area contributed by atoms with E-state index in [0.717, 1.165) is 19.4 Å². The fourth-order valence-electron chi connectivity index (χ4n) is 1.94. The van der Waals surface area contributed by atoms with Crippen molar-refractivity contribution in [3.05, 3.63) is 28.2 Å². The molecule has 0 spiro atoms. The lowest BCUT2D eigenvalue weighted by Crippen LogP contribution is -2.32. The van der Waals surface area contributed by atoms with E-state index in [-0.39, 0.29) is 11.8 Å². The van der Waals surface area contributed by atoms with Crippen LogP contribution >= 0.6 is 23.2 Å². The molecule has 0 aliphatic carbocycles. The lowest BCUT2D eigenvalue weighted by atomic mass is 10.3. The Morgan fingerprint density at radius 1 is 1.33 bits per heavy atom. The van der Waals surface area contributed by atoms with Crippen molar-refractivity contribution < 1.29 is 8.42 Å². The van der Waals surface area contributed by atoms with E-state index < -0.39 is 10.0 Å². The smallest absolute Gasteiger partial charge is 0.234 e. The van der Waals surface area contributed by atoms with E-state index >= 15 is 0 Å². The Hall–Kier alpha value is -0.490. The molecule has 1 aromatic carbocycles. The molecular formula is C11H14Cl2N2O2S. The maximum Gasteiger partial charge on any atom is 0.234 e. The summed E-state index contributed by atoms with van der Waals surface area (Å²) in [6, 6.07) is 4.69. The third-order valence-corrected chi connectivity index (χ3v) is 4.90. The minimum atomic E-state index is -3.36. The number of nitrogens with one attached hydrogen (secondary N) is 2. The van der Waals surface area contributed by atoms with Gasteiger partial charge in [0.15, 0.2) is 0 Å². The Labute approximate surface area is 117 Å². The summed E-state index contributed by atoms with van der Waals surface area (Å²) in [7, 11) is -3.36. The molecule has 1 fully saturated rings. The quantitative estimate of drug-likeness (QED) is 0.898. The van der Waals surface area contributed by atoms with Crippen LogP contribution in [0.25, 0.3) is 0 Å². The second-order valence-electron chi connectivity index (χ2n) is 4.31. The Morgan fingerprint density at radius 2 is 2.11 bits per heavy atom. The van der Waals surface area contributed by atoms with Crippen molar-refractivity contribution in [2.24, 2.45) is 0 Å². The summed E-state index contributed by atoms with van der Waals surface area (Å²) in [6.07, 6.45) is 1.91. The number of hydrogen-bond acceptors (Lipinski definition) is 3. The molecular weight excluding hydrogens is 295 g/mol. The van der Waals surface area contributed by atoms with Gasteiger partial charge in [0, 0.05) is 6.04 Å². The SMILES string of the molecule is O=S(=O)(CC1CCCN1)Nc1ccc(Cl)c(Cl)c1. The molecule has 1 heterocycles. The average Bonchev–Trinajstić information content (AvgIpc) is 2.75. The summed E-state index contributed by atoms with van der Waals surface area (Å²) < 4.78 is 26.4. The molecule has 0 saturated carbocycles. The van der Waals surface area contributed by atoms with Gasteiger partial charge in [-0.1, -0.05) is 23.2 Å². The molecule has 1 aromatic rings. The van der Waals surface area contributed by atoms with Crippen LogP contribution in [-0.4, -0.2) is 26.8 Å². The molecule has 1 aliphatic rings. The zero-order chi connectivity index (χ0) is 13.2. The van der Waals surface area contributed by atoms with E-state index in [1.165, 1.54) is 6.07 Å². The van der Waals surface area contributed by atoms with E-state index in [2.05, 4.69) is 10.0 Å². The number of halogens is 2. The third kappa shape index (κ3) is 3.75. The van der Waals surface area contributed by atoms with Crippen molar-refractivity contribution in [1.82, 2.24) is 5.32 Å². The molecule has 4 nitrogen and oxygen atoms in total. The first-order valence-electron chi connectivity index (χ1n) is 5.65. The topological polar surface area (TPSA) is 58.2 Å². The highest BCUT2D eigenvalue weighted by atomic mass is 35.5. The van der Waals surface area contributed by atoms with Gasteiger partial charge in [-0.25, -0.2) is 8.42 Å². The van der Waals surface area contributed by atoms with Crippen LogP contribution in [0.3, 0.4) is 0 Å². The van der Waals surface area contributed by atoms with Crippen LogP contribution in [0.15, 0.2) is 18.2 Å². The van der Waals surface area contributed by atoms with Crippen LogP contribution < -0.4 is 10.0 Å². The van der Waals surface area contributed by atoms with Crippen LogP contribution in [-0.2, 0) is 10.0 Å². The zero-order valence-electron chi connectivity index (χ0n) is 9.62. The molecule has 0 radical (unpaired) electrons. The standard InChI is InChI=1S/C11H14Cl2N2O2S/c12-10-4-3-8(6-11(10)13)15-18(16,17)7-9-2-1-5-14-9/h3-4,6,9,14-15H,1-2,5,7H2. The van der Waals surface area contributed by atoms with Crippen LogP contribution in [0, 0.1) is 0 Å². The zero-order valence-corrected chi connectivity index (χ0v) is 11.9. The van der Waals surface area contributed by atoms with E-state index in [4.69, 9.17) is 23.2 Å². The maximum absolute atomic E-state index is 11.9. The Balaban J connectivity index is 2.04. The lowest BCUT2D eigenvalue weighted by Gasteiger charge is -2.13. The molecule has 0 bridgehead atoms. The Kier molecular flexibility index (Phi) is 4.37. The maximum atomic E-state index is 11.9. The van der Waals surface area contributed by atoms with Crippen molar-refractivity contribution in [2.75, 3.05) is 17.0 Å². The van der Waals surface area contributed by atoms with Crippen molar-refractivity contribution >= 4 is 38.9 Å². The first-order chi connectivity index (χ1) is 8.46. The molecule has 0 amide bonds. The molecule has 0 aromatic heterocycles. The van der Waals surface area contributed by atoms with Gasteiger partial charge >= 0.3 is 0 Å². The number of benzene rings is 1. The predicted octanol–water partition coefficient (Wildman–Crippen LogP) is 2.49. The van der Waals surface area contributed by atoms with Gasteiger partial charge in [0.25, 0.3) is 0 Å². The molecule has 1 saturated heterocycles. The molecule has 7 heteroatoms. The highest BCUT2D eigenvalue weighted by Gasteiger charge is 2.22. The predicted molar refractivity (Wildman–Crippen MR) is 74.9 cm³/mol. The van der Waals surface area contributed by atoms with Crippen molar-refractivity contribution in [2.45, 2.75) is 18.9 Å². The van der Waals surface area contributed by atoms with Crippen LogP contribution in [0.1, 0.15) is 12.8 Å². The molecule has 1 unspecified atom stereocenters. The fraction of sp³-hybridized carbons (Fsp3) is 0.455. The van der Waals surface area contributed by atoms with E-state index in [0.29, 0.717) is 15.7 Å². The first kappa shape index (κ1) is 13.9. The summed E-state index contributed by atoms with van der Waals surface area (Å²) in [5.41, 5.74) is 0.433. The van der Waals surface area contributed by atoms with Gasteiger partial charge in [0.1, 0.15) is 0 Å². The summed E-state index contributed by atoms with van der Waals surface area (Å²) in [6.45, 7) is 0.882. The highest BCUT2D eigenvalue weighted by Crippen LogP contribution is 2.25. The van der Waals surface area contributed by atoms with Gasteiger partial charge in [-0.05, 0) is 37.6 Å². The molecule has 2 rings (SSSR count). The molecule has 2 N–H and O–H groups in total. The summed E-state index contributed by atoms with van der Waals surface area (Å²) in [5.74, 6) is 0.0766. The normalized spacial score (nSPS) is 20.0. The summed E-state index contributed by atoms with van der Waals surface area (Å²) >= 11 is 11.6. The minimum absolute atomic E-state index is 0.0327. The first-order valence-corrected chi connectivity index (χ1v) is 8.06. The van der Waals surface area contributed by atoms with Gasteiger partial charge < -0.3 is 5.32 Å². The summed E-state index contributed by atoms with van der Waals surface area (Å²) in [4.78, 5) is 0. The van der Waals surface area contributed by atoms with Crippen LogP contribution in [0.5, 0.6) is 0 Å². The Bertz CT molecular complexity index is 528. The average molecular weight is 309 g/mol. The summed E-state index contributed by atoms with van der Waals surface area (Å²) in [5, 5.41) is 3.88. The second kappa shape index (κ2) is 5.65. The number of rotatable bonds is 4. The number of hydrogen-bond donors (Lipinski definition) is 2. The van der Waals surface area contributed by atoms with E-state index in [1.807, 2.05) is 0 Å². The fourth-order valence-corrected chi connectivity index (χ4v) is 3.63. The third-order valence-electron chi connectivity index (χ3n) is 2.78. The Morgan fingerprint density at radius 3 is 2.72 bits per heavy atom. The minimum Gasteiger partial charge on any atom is -0.313 e. The van der Waals surface area contributed by atoms with Gasteiger partial charge in [-0.2, -0.15) is 0 Å². The van der Waals surface area contributed by atoms with Gasteiger partial charge in [-0.3, -0.25) is 4.72 Å². The van der Waals surface area contributed by atoms with Gasteiger partial charge in [0.2, 0.25) is 10.0 Å². The van der Waals surface area contributed by atoms with Crippen molar-refractivity contribution in [1.29, 1.82) is 0 Å². The molecule has 1 aliphatic heterocycles. The van der Waals surface area contributed by atoms with E-state index in [9.17, 15) is 8.42 Å². The van der Waals surface area contributed by atoms with Crippen molar-refractivity contribution in [3.63, 3.8) is 0 Å². The van der Waals surface area contributed by atoms with E-state index in [1.54, 1.807) is 12.1 Å². The molecule has 100 valence electrons. The van der Waals surface area contributed by atoms with Crippen molar-refractivity contribution in [3.8, 4) is 0 Å². The van der Waals surface area contributed by atoms with Crippen LogP contribution in [0.2, 0.25) is 10.0 Å². The van der Waals surface area contributed by atoms with Gasteiger partial charge in [0.05, 0.1) is 21.5 Å².